The number of nitrogens with zero attached hydrogens (tertiary/aromatic N) is 1. The molecule has 1 fully saturated rings. The molecule has 1 aromatic carbocycles. The van der Waals surface area contributed by atoms with Gasteiger partial charge < -0.3 is 4.90 Å². The monoisotopic (exact) mass is 297 g/mol. The zero-order valence-corrected chi connectivity index (χ0v) is 12.6. The second kappa shape index (κ2) is 7.07. The van der Waals surface area contributed by atoms with Crippen LogP contribution in [0.3, 0.4) is 0 Å². The molecule has 1 aliphatic carbocycles. The molecule has 2 nitrogen and oxygen atoms in total. The van der Waals surface area contributed by atoms with E-state index in [4.69, 9.17) is 11.6 Å². The third-order valence-electron chi connectivity index (χ3n) is 4.12. The van der Waals surface area contributed by atoms with Gasteiger partial charge in [-0.3, -0.25) is 4.79 Å². The zero-order valence-electron chi connectivity index (χ0n) is 11.9. The molecular weight excluding hydrogens is 277 g/mol. The quantitative estimate of drug-likeness (QED) is 0.788. The second-order valence-electron chi connectivity index (χ2n) is 5.64. The predicted octanol–water partition coefficient (Wildman–Crippen LogP) is 4.41. The summed E-state index contributed by atoms with van der Waals surface area (Å²) < 4.78 is 13.7. The maximum atomic E-state index is 13.7. The van der Waals surface area contributed by atoms with Gasteiger partial charge >= 0.3 is 0 Å². The smallest absolute Gasteiger partial charge is 0.222 e. The fraction of sp³-hybridized carbons (Fsp3) is 0.562. The van der Waals surface area contributed by atoms with Gasteiger partial charge in [-0.15, -0.1) is 0 Å². The maximum absolute atomic E-state index is 13.7. The van der Waals surface area contributed by atoms with Gasteiger partial charge in [0.1, 0.15) is 5.82 Å². The number of carbonyl (C=O) groups excluding carboxylic acids is 1. The van der Waals surface area contributed by atoms with E-state index in [1.54, 1.807) is 24.1 Å². The lowest BCUT2D eigenvalue weighted by molar-refractivity contribution is -0.130. The van der Waals surface area contributed by atoms with E-state index in [-0.39, 0.29) is 18.3 Å². The first-order chi connectivity index (χ1) is 9.58. The van der Waals surface area contributed by atoms with Crippen molar-refractivity contribution in [3.05, 3.63) is 34.6 Å². The summed E-state index contributed by atoms with van der Waals surface area (Å²) in [5.41, 5.74) is 0.394. The molecule has 0 spiro atoms. The number of halogens is 2. The van der Waals surface area contributed by atoms with Crippen LogP contribution in [0.1, 0.15) is 44.1 Å². The Morgan fingerprint density at radius 2 is 2.10 bits per heavy atom. The Hall–Kier alpha value is -1.09. The minimum atomic E-state index is -0.354. The number of carbonyl (C=O) groups is 1. The van der Waals surface area contributed by atoms with Crippen LogP contribution in [-0.4, -0.2) is 17.9 Å². The van der Waals surface area contributed by atoms with Crippen molar-refractivity contribution >= 4 is 17.5 Å². The summed E-state index contributed by atoms with van der Waals surface area (Å²) in [6, 6.07) is 4.60. The molecule has 0 aromatic heterocycles. The van der Waals surface area contributed by atoms with E-state index in [1.165, 1.54) is 31.7 Å². The van der Waals surface area contributed by atoms with Crippen molar-refractivity contribution in [2.45, 2.75) is 45.1 Å². The number of benzene rings is 1. The molecule has 1 saturated carbocycles. The minimum absolute atomic E-state index is 0.0659. The van der Waals surface area contributed by atoms with Gasteiger partial charge in [-0.1, -0.05) is 43.4 Å². The molecule has 0 bridgehead atoms. The molecule has 4 heteroatoms. The Bertz CT molecular complexity index is 451. The van der Waals surface area contributed by atoms with Crippen LogP contribution in [0.25, 0.3) is 0 Å². The standard InChI is InChI=1S/C16H21ClFNO/c1-19(11-13-14(17)7-4-8-15(13)18)16(20)10-9-12-5-2-3-6-12/h4,7-8,12H,2-3,5-6,9-11H2,1H3. The molecule has 1 aromatic rings. The molecule has 0 heterocycles. The highest BCUT2D eigenvalue weighted by Gasteiger charge is 2.18. The van der Waals surface area contributed by atoms with E-state index >= 15 is 0 Å². The first-order valence-electron chi connectivity index (χ1n) is 7.25. The van der Waals surface area contributed by atoms with Crippen LogP contribution in [0.4, 0.5) is 4.39 Å². The molecule has 1 amide bonds. The first-order valence-corrected chi connectivity index (χ1v) is 7.62. The van der Waals surface area contributed by atoms with Gasteiger partial charge in [0.15, 0.2) is 0 Å². The Labute approximate surface area is 124 Å². The minimum Gasteiger partial charge on any atom is -0.341 e. The van der Waals surface area contributed by atoms with Gasteiger partial charge in [0.2, 0.25) is 5.91 Å². The van der Waals surface area contributed by atoms with Crippen LogP contribution in [0.5, 0.6) is 0 Å². The predicted molar refractivity (Wildman–Crippen MR) is 79.1 cm³/mol. The highest BCUT2D eigenvalue weighted by Crippen LogP contribution is 2.29. The highest BCUT2D eigenvalue weighted by molar-refractivity contribution is 6.31. The zero-order chi connectivity index (χ0) is 14.5. The lowest BCUT2D eigenvalue weighted by atomic mass is 10.0. The van der Waals surface area contributed by atoms with Crippen LogP contribution in [0.15, 0.2) is 18.2 Å². The Kier molecular flexibility index (Phi) is 5.41. The Balaban J connectivity index is 1.87. The van der Waals surface area contributed by atoms with Crippen molar-refractivity contribution in [2.24, 2.45) is 5.92 Å². The van der Waals surface area contributed by atoms with Crippen LogP contribution >= 0.6 is 11.6 Å². The third-order valence-corrected chi connectivity index (χ3v) is 4.48. The summed E-state index contributed by atoms with van der Waals surface area (Å²) in [6.45, 7) is 0.231. The normalized spacial score (nSPS) is 15.6. The van der Waals surface area contributed by atoms with Crippen molar-refractivity contribution in [3.63, 3.8) is 0 Å². The first kappa shape index (κ1) is 15.3. The molecule has 0 aliphatic heterocycles. The van der Waals surface area contributed by atoms with Gasteiger partial charge in [0.25, 0.3) is 0 Å². The molecular formula is C16H21ClFNO. The molecule has 0 N–H and O–H groups in total. The second-order valence-corrected chi connectivity index (χ2v) is 6.05. The van der Waals surface area contributed by atoms with Gasteiger partial charge in [-0.05, 0) is 24.5 Å². The van der Waals surface area contributed by atoms with Crippen molar-refractivity contribution in [1.82, 2.24) is 4.90 Å². The Morgan fingerprint density at radius 3 is 2.75 bits per heavy atom. The van der Waals surface area contributed by atoms with Crippen LogP contribution in [-0.2, 0) is 11.3 Å². The summed E-state index contributed by atoms with van der Waals surface area (Å²) in [6.07, 6.45) is 6.58. The van der Waals surface area contributed by atoms with Gasteiger partial charge in [0, 0.05) is 30.6 Å². The fourth-order valence-corrected chi connectivity index (χ4v) is 3.05. The van der Waals surface area contributed by atoms with Gasteiger partial charge in [0.05, 0.1) is 0 Å². The number of hydrogen-bond donors (Lipinski definition) is 0. The molecule has 0 saturated heterocycles. The fourth-order valence-electron chi connectivity index (χ4n) is 2.83. The van der Waals surface area contributed by atoms with Crippen LogP contribution in [0.2, 0.25) is 5.02 Å². The summed E-state index contributed by atoms with van der Waals surface area (Å²) in [4.78, 5) is 13.7. The van der Waals surface area contributed by atoms with Crippen molar-refractivity contribution in [3.8, 4) is 0 Å². The third kappa shape index (κ3) is 3.95. The average molecular weight is 298 g/mol. The number of amides is 1. The molecule has 20 heavy (non-hydrogen) atoms. The van der Waals surface area contributed by atoms with Crippen molar-refractivity contribution in [2.75, 3.05) is 7.05 Å². The van der Waals surface area contributed by atoms with Crippen LogP contribution < -0.4 is 0 Å². The molecule has 1 aliphatic rings. The molecule has 0 radical (unpaired) electrons. The van der Waals surface area contributed by atoms with Gasteiger partial charge in [-0.25, -0.2) is 4.39 Å². The van der Waals surface area contributed by atoms with E-state index in [0.29, 0.717) is 22.9 Å². The van der Waals surface area contributed by atoms with E-state index in [1.807, 2.05) is 0 Å². The SMILES string of the molecule is CN(Cc1c(F)cccc1Cl)C(=O)CCC1CCCC1. The van der Waals surface area contributed by atoms with Crippen molar-refractivity contribution < 1.29 is 9.18 Å². The lowest BCUT2D eigenvalue weighted by Gasteiger charge is -2.19. The highest BCUT2D eigenvalue weighted by atomic mass is 35.5. The Morgan fingerprint density at radius 1 is 1.40 bits per heavy atom. The van der Waals surface area contributed by atoms with E-state index in [0.717, 1.165) is 6.42 Å². The summed E-state index contributed by atoms with van der Waals surface area (Å²) in [5.74, 6) is 0.411. The summed E-state index contributed by atoms with van der Waals surface area (Å²) in [5, 5.41) is 0.375. The largest absolute Gasteiger partial charge is 0.341 e. The summed E-state index contributed by atoms with van der Waals surface area (Å²) in [7, 11) is 1.71. The molecule has 0 unspecified atom stereocenters. The number of hydrogen-bond acceptors (Lipinski definition) is 1. The van der Waals surface area contributed by atoms with Crippen molar-refractivity contribution in [1.29, 1.82) is 0 Å². The topological polar surface area (TPSA) is 20.3 Å². The molecule has 2 rings (SSSR count). The maximum Gasteiger partial charge on any atom is 0.222 e. The lowest BCUT2D eigenvalue weighted by Crippen LogP contribution is -2.27. The van der Waals surface area contributed by atoms with E-state index < -0.39 is 0 Å². The van der Waals surface area contributed by atoms with Crippen LogP contribution in [0, 0.1) is 11.7 Å². The molecule has 110 valence electrons. The van der Waals surface area contributed by atoms with E-state index in [2.05, 4.69) is 0 Å². The summed E-state index contributed by atoms with van der Waals surface area (Å²) >= 11 is 5.98. The van der Waals surface area contributed by atoms with Gasteiger partial charge in [-0.2, -0.15) is 0 Å². The van der Waals surface area contributed by atoms with E-state index in [9.17, 15) is 9.18 Å². The molecule has 0 atom stereocenters. The number of rotatable bonds is 5. The average Bonchev–Trinajstić information content (AvgIpc) is 2.93.